The van der Waals surface area contributed by atoms with E-state index in [0.717, 1.165) is 28.0 Å². The van der Waals surface area contributed by atoms with Crippen molar-refractivity contribution in [2.45, 2.75) is 22.7 Å². The smallest absolute Gasteiger partial charge is 0.287 e. The zero-order valence-electron chi connectivity index (χ0n) is 12.6. The molecular weight excluding hydrogens is 366 g/mol. The van der Waals surface area contributed by atoms with Crippen LogP contribution in [0.3, 0.4) is 0 Å². The maximum atomic E-state index is 10.7. The van der Waals surface area contributed by atoms with Crippen molar-refractivity contribution in [1.82, 2.24) is 15.2 Å². The van der Waals surface area contributed by atoms with Gasteiger partial charge in [0.05, 0.1) is 4.92 Å². The summed E-state index contributed by atoms with van der Waals surface area (Å²) in [5.41, 5.74) is 0.738. The van der Waals surface area contributed by atoms with Gasteiger partial charge in [-0.25, -0.2) is 4.98 Å². The first-order chi connectivity index (χ1) is 11.6. The van der Waals surface area contributed by atoms with Gasteiger partial charge in [0.25, 0.3) is 5.69 Å². The van der Waals surface area contributed by atoms with Crippen molar-refractivity contribution in [1.29, 1.82) is 0 Å². The van der Waals surface area contributed by atoms with E-state index in [1.54, 1.807) is 18.3 Å². The molecule has 0 radical (unpaired) electrons. The van der Waals surface area contributed by atoms with Crippen LogP contribution in [-0.4, -0.2) is 26.6 Å². The molecule has 0 spiro atoms. The molecule has 3 heterocycles. The van der Waals surface area contributed by atoms with Crippen molar-refractivity contribution >= 4 is 45.3 Å². The summed E-state index contributed by atoms with van der Waals surface area (Å²) in [7, 11) is 0. The maximum Gasteiger partial charge on any atom is 0.287 e. The number of hydrogen-bond donors (Lipinski definition) is 1. The molecule has 0 bridgehead atoms. The van der Waals surface area contributed by atoms with Crippen molar-refractivity contribution < 1.29 is 4.92 Å². The number of anilines is 1. The van der Waals surface area contributed by atoms with Crippen molar-refractivity contribution in [3.05, 3.63) is 50.3 Å². The van der Waals surface area contributed by atoms with E-state index in [-0.39, 0.29) is 5.69 Å². The van der Waals surface area contributed by atoms with Gasteiger partial charge >= 0.3 is 0 Å². The van der Waals surface area contributed by atoms with Gasteiger partial charge < -0.3 is 5.32 Å². The van der Waals surface area contributed by atoms with Gasteiger partial charge in [-0.1, -0.05) is 17.4 Å². The average Bonchev–Trinajstić information content (AvgIpc) is 3.21. The summed E-state index contributed by atoms with van der Waals surface area (Å²) in [6.45, 7) is 2.60. The first-order valence-electron chi connectivity index (χ1n) is 7.00. The highest BCUT2D eigenvalue weighted by atomic mass is 32.2. The second-order valence-corrected chi connectivity index (χ2v) is 8.05. The van der Waals surface area contributed by atoms with Crippen LogP contribution < -0.4 is 5.32 Å². The van der Waals surface area contributed by atoms with Crippen molar-refractivity contribution in [3.8, 4) is 0 Å². The first kappa shape index (κ1) is 16.8. The predicted octanol–water partition coefficient (Wildman–Crippen LogP) is 4.02. The Kier molecular flexibility index (Phi) is 5.38. The van der Waals surface area contributed by atoms with Gasteiger partial charge in [-0.15, -0.1) is 21.5 Å². The molecule has 0 aliphatic rings. The van der Waals surface area contributed by atoms with Gasteiger partial charge in [-0.3, -0.25) is 10.1 Å². The lowest BCUT2D eigenvalue weighted by molar-refractivity contribution is -0.385. The van der Waals surface area contributed by atoms with Crippen LogP contribution in [0.2, 0.25) is 0 Å². The van der Waals surface area contributed by atoms with Crippen molar-refractivity contribution in [3.63, 3.8) is 0 Å². The highest BCUT2D eigenvalue weighted by Gasteiger charge is 2.13. The third-order valence-electron chi connectivity index (χ3n) is 3.04. The first-order valence-corrected chi connectivity index (χ1v) is 9.52. The fourth-order valence-corrected chi connectivity index (χ4v) is 4.33. The van der Waals surface area contributed by atoms with Gasteiger partial charge in [0.15, 0.2) is 4.34 Å². The van der Waals surface area contributed by atoms with E-state index >= 15 is 0 Å². The molecule has 0 unspecified atom stereocenters. The van der Waals surface area contributed by atoms with Crippen LogP contribution in [0.4, 0.5) is 10.8 Å². The molecule has 0 saturated carbocycles. The molecule has 0 aliphatic heterocycles. The second-order valence-electron chi connectivity index (χ2n) is 4.80. The van der Waals surface area contributed by atoms with Crippen LogP contribution in [0, 0.1) is 17.0 Å². The molecule has 3 aromatic rings. The molecule has 3 aromatic heterocycles. The van der Waals surface area contributed by atoms with Crippen LogP contribution in [-0.2, 0) is 6.42 Å². The third-order valence-corrected chi connectivity index (χ3v) is 6.03. The molecule has 0 saturated heterocycles. The molecule has 24 heavy (non-hydrogen) atoms. The van der Waals surface area contributed by atoms with E-state index < -0.39 is 4.92 Å². The highest BCUT2D eigenvalue weighted by Crippen LogP contribution is 2.33. The molecule has 0 aromatic carbocycles. The number of nitrogens with zero attached hydrogens (tertiary/aromatic N) is 4. The molecule has 0 fully saturated rings. The van der Waals surface area contributed by atoms with E-state index in [1.165, 1.54) is 40.2 Å². The highest BCUT2D eigenvalue weighted by molar-refractivity contribution is 8.01. The van der Waals surface area contributed by atoms with Crippen LogP contribution >= 0.6 is 34.4 Å². The normalized spacial score (nSPS) is 10.7. The largest absolute Gasteiger partial charge is 0.360 e. The zero-order valence-corrected chi connectivity index (χ0v) is 15.1. The average molecular weight is 379 g/mol. The van der Waals surface area contributed by atoms with Crippen LogP contribution in [0.5, 0.6) is 0 Å². The molecule has 0 amide bonds. The zero-order chi connectivity index (χ0) is 16.9. The lowest BCUT2D eigenvalue weighted by atomic mass is 10.3. The summed E-state index contributed by atoms with van der Waals surface area (Å²) in [5, 5.41) is 25.8. The number of hydrogen-bond acceptors (Lipinski definition) is 9. The Balaban J connectivity index is 1.58. The minimum atomic E-state index is -0.449. The summed E-state index contributed by atoms with van der Waals surface area (Å²) >= 11 is 4.54. The summed E-state index contributed by atoms with van der Waals surface area (Å²) in [5.74, 6) is 0. The molecule has 10 heteroatoms. The summed E-state index contributed by atoms with van der Waals surface area (Å²) in [4.78, 5) is 15.8. The van der Waals surface area contributed by atoms with Gasteiger partial charge in [0, 0.05) is 17.5 Å². The lowest BCUT2D eigenvalue weighted by Gasteiger charge is -2.01. The number of nitro groups is 1. The van der Waals surface area contributed by atoms with E-state index in [0.29, 0.717) is 5.03 Å². The maximum absolute atomic E-state index is 10.7. The lowest BCUT2D eigenvalue weighted by Crippen LogP contribution is -2.03. The number of nitrogens with one attached hydrogen (secondary N) is 1. The summed E-state index contributed by atoms with van der Waals surface area (Å²) in [6, 6.07) is 5.66. The monoisotopic (exact) mass is 379 g/mol. The number of aromatic nitrogens is 3. The molecule has 0 atom stereocenters. The SMILES string of the molecule is Cc1cc([N+](=O)[O-])cnc1Sc1nnc(NCCc2cccs2)s1. The predicted molar refractivity (Wildman–Crippen MR) is 96.2 cm³/mol. The Labute approximate surface area is 150 Å². The van der Waals surface area contributed by atoms with E-state index in [2.05, 4.69) is 31.9 Å². The van der Waals surface area contributed by atoms with E-state index in [4.69, 9.17) is 0 Å². The Morgan fingerprint density at radius 2 is 2.29 bits per heavy atom. The molecule has 1 N–H and O–H groups in total. The Morgan fingerprint density at radius 3 is 3.00 bits per heavy atom. The van der Waals surface area contributed by atoms with Gasteiger partial charge in [0.1, 0.15) is 11.2 Å². The quantitative estimate of drug-likeness (QED) is 0.489. The standard InChI is InChI=1S/C14H13N5O2S3/c1-9-7-10(19(20)21)8-16-12(9)23-14-18-17-13(24-14)15-5-4-11-3-2-6-22-11/h2-3,6-8H,4-5H2,1H3,(H,15,17). The number of pyridine rings is 1. The second kappa shape index (κ2) is 7.69. The van der Waals surface area contributed by atoms with Gasteiger partial charge in [-0.2, -0.15) is 0 Å². The van der Waals surface area contributed by atoms with Crippen LogP contribution in [0.25, 0.3) is 0 Å². The fourth-order valence-electron chi connectivity index (χ4n) is 1.91. The van der Waals surface area contributed by atoms with E-state index in [1.807, 2.05) is 6.07 Å². The number of aryl methyl sites for hydroxylation is 1. The Morgan fingerprint density at radius 1 is 1.42 bits per heavy atom. The molecular formula is C14H13N5O2S3. The molecule has 3 rings (SSSR count). The number of thiophene rings is 1. The van der Waals surface area contributed by atoms with E-state index in [9.17, 15) is 10.1 Å². The van der Waals surface area contributed by atoms with Gasteiger partial charge in [0.2, 0.25) is 5.13 Å². The third kappa shape index (κ3) is 4.28. The van der Waals surface area contributed by atoms with Crippen LogP contribution in [0.1, 0.15) is 10.4 Å². The number of rotatable bonds is 7. The molecule has 0 aliphatic carbocycles. The van der Waals surface area contributed by atoms with Crippen molar-refractivity contribution in [2.24, 2.45) is 0 Å². The summed E-state index contributed by atoms with van der Waals surface area (Å²) in [6.07, 6.45) is 2.21. The fraction of sp³-hybridized carbons (Fsp3) is 0.214. The Hall–Kier alpha value is -2.04. The minimum Gasteiger partial charge on any atom is -0.360 e. The summed E-state index contributed by atoms with van der Waals surface area (Å²) < 4.78 is 0.748. The topological polar surface area (TPSA) is 93.8 Å². The van der Waals surface area contributed by atoms with Crippen molar-refractivity contribution in [2.75, 3.05) is 11.9 Å². The molecule has 7 nitrogen and oxygen atoms in total. The van der Waals surface area contributed by atoms with Crippen LogP contribution in [0.15, 0.2) is 39.1 Å². The van der Waals surface area contributed by atoms with Gasteiger partial charge in [-0.05, 0) is 42.1 Å². The Bertz CT molecular complexity index is 835. The minimum absolute atomic E-state index is 0.00922. The molecule has 124 valence electrons.